The van der Waals surface area contributed by atoms with Crippen molar-refractivity contribution in [3.05, 3.63) is 35.4 Å². The third-order valence-electron chi connectivity index (χ3n) is 2.77. The van der Waals surface area contributed by atoms with E-state index in [9.17, 15) is 8.78 Å². The van der Waals surface area contributed by atoms with Crippen molar-refractivity contribution in [2.24, 2.45) is 0 Å². The Kier molecular flexibility index (Phi) is 5.65. The van der Waals surface area contributed by atoms with Gasteiger partial charge in [0.25, 0.3) is 0 Å². The molecule has 0 saturated carbocycles. The van der Waals surface area contributed by atoms with Crippen molar-refractivity contribution in [1.82, 2.24) is 5.32 Å². The standard InChI is InChI=1S/C13H19F2NO2/c1-8(16-9(2)13(17-3)18-4)10-5-11(14)7-12(15)6-10/h5-9,13,16H,1-4H3. The van der Waals surface area contributed by atoms with E-state index in [0.29, 0.717) is 5.56 Å². The fraction of sp³-hybridized carbons (Fsp3) is 0.538. The van der Waals surface area contributed by atoms with E-state index in [1.54, 1.807) is 14.2 Å². The number of hydrogen-bond acceptors (Lipinski definition) is 3. The van der Waals surface area contributed by atoms with Gasteiger partial charge in [-0.15, -0.1) is 0 Å². The van der Waals surface area contributed by atoms with Gasteiger partial charge in [-0.2, -0.15) is 0 Å². The number of rotatable bonds is 6. The molecule has 0 fully saturated rings. The molecule has 1 N–H and O–H groups in total. The molecule has 2 unspecified atom stereocenters. The van der Waals surface area contributed by atoms with Crippen LogP contribution in [-0.4, -0.2) is 26.6 Å². The molecule has 102 valence electrons. The van der Waals surface area contributed by atoms with Gasteiger partial charge in [0.2, 0.25) is 0 Å². The summed E-state index contributed by atoms with van der Waals surface area (Å²) in [7, 11) is 3.08. The van der Waals surface area contributed by atoms with Gasteiger partial charge >= 0.3 is 0 Å². The summed E-state index contributed by atoms with van der Waals surface area (Å²) in [4.78, 5) is 0. The van der Waals surface area contributed by atoms with Crippen molar-refractivity contribution in [3.63, 3.8) is 0 Å². The minimum absolute atomic E-state index is 0.110. The fourth-order valence-electron chi connectivity index (χ4n) is 1.90. The first-order chi connectivity index (χ1) is 8.47. The first kappa shape index (κ1) is 15.0. The molecular weight excluding hydrogens is 240 g/mol. The van der Waals surface area contributed by atoms with Crippen LogP contribution >= 0.6 is 0 Å². The topological polar surface area (TPSA) is 30.5 Å². The van der Waals surface area contributed by atoms with Crippen LogP contribution < -0.4 is 5.32 Å². The maximum absolute atomic E-state index is 13.1. The summed E-state index contributed by atoms with van der Waals surface area (Å²) >= 11 is 0. The summed E-state index contributed by atoms with van der Waals surface area (Å²) in [5, 5.41) is 3.17. The van der Waals surface area contributed by atoms with Crippen LogP contribution in [0, 0.1) is 11.6 Å². The zero-order valence-electron chi connectivity index (χ0n) is 11.0. The van der Waals surface area contributed by atoms with E-state index < -0.39 is 17.9 Å². The Morgan fingerprint density at radius 3 is 1.94 bits per heavy atom. The molecule has 0 aromatic heterocycles. The maximum Gasteiger partial charge on any atom is 0.171 e. The highest BCUT2D eigenvalue weighted by molar-refractivity contribution is 5.21. The predicted molar refractivity (Wildman–Crippen MR) is 65.2 cm³/mol. The van der Waals surface area contributed by atoms with Crippen molar-refractivity contribution in [2.45, 2.75) is 32.2 Å². The van der Waals surface area contributed by atoms with Crippen molar-refractivity contribution in [1.29, 1.82) is 0 Å². The zero-order valence-corrected chi connectivity index (χ0v) is 11.0. The molecular formula is C13H19F2NO2. The summed E-state index contributed by atoms with van der Waals surface area (Å²) in [5.41, 5.74) is 0.547. The number of halogens is 2. The van der Waals surface area contributed by atoms with Crippen LogP contribution in [0.4, 0.5) is 8.78 Å². The molecule has 0 saturated heterocycles. The highest BCUT2D eigenvalue weighted by atomic mass is 19.1. The lowest BCUT2D eigenvalue weighted by Crippen LogP contribution is -2.40. The van der Waals surface area contributed by atoms with Crippen molar-refractivity contribution in [3.8, 4) is 0 Å². The van der Waals surface area contributed by atoms with E-state index >= 15 is 0 Å². The van der Waals surface area contributed by atoms with Crippen LogP contribution in [0.15, 0.2) is 18.2 Å². The molecule has 0 spiro atoms. The quantitative estimate of drug-likeness (QED) is 0.797. The third kappa shape index (κ3) is 4.01. The Balaban J connectivity index is 2.72. The van der Waals surface area contributed by atoms with E-state index in [0.717, 1.165) is 6.07 Å². The van der Waals surface area contributed by atoms with Crippen LogP contribution in [0.1, 0.15) is 25.5 Å². The predicted octanol–water partition coefficient (Wildman–Crippen LogP) is 2.62. The summed E-state index contributed by atoms with van der Waals surface area (Å²) in [6, 6.07) is 3.15. The van der Waals surface area contributed by atoms with Gasteiger partial charge in [0.15, 0.2) is 6.29 Å². The highest BCUT2D eigenvalue weighted by Crippen LogP contribution is 2.17. The average molecular weight is 259 g/mol. The van der Waals surface area contributed by atoms with Gasteiger partial charge < -0.3 is 14.8 Å². The highest BCUT2D eigenvalue weighted by Gasteiger charge is 2.19. The van der Waals surface area contributed by atoms with Crippen LogP contribution in [0.5, 0.6) is 0 Å². The Bertz CT molecular complexity index is 363. The van der Waals surface area contributed by atoms with Crippen LogP contribution in [0.2, 0.25) is 0 Å². The van der Waals surface area contributed by atoms with Gasteiger partial charge in [0.05, 0.1) is 6.04 Å². The molecule has 0 radical (unpaired) electrons. The monoisotopic (exact) mass is 259 g/mol. The minimum atomic E-state index is -0.582. The van der Waals surface area contributed by atoms with Crippen molar-refractivity contribution in [2.75, 3.05) is 14.2 Å². The largest absolute Gasteiger partial charge is 0.354 e. The molecule has 1 rings (SSSR count). The first-order valence-electron chi connectivity index (χ1n) is 5.75. The average Bonchev–Trinajstić information content (AvgIpc) is 2.29. The molecule has 0 amide bonds. The number of hydrogen-bond donors (Lipinski definition) is 1. The van der Waals surface area contributed by atoms with Crippen LogP contribution in [-0.2, 0) is 9.47 Å². The van der Waals surface area contributed by atoms with Gasteiger partial charge in [-0.05, 0) is 31.5 Å². The third-order valence-corrected chi connectivity index (χ3v) is 2.77. The Hall–Kier alpha value is -1.04. The second-order valence-electron chi connectivity index (χ2n) is 4.22. The normalized spacial score (nSPS) is 14.8. The molecule has 3 nitrogen and oxygen atoms in total. The van der Waals surface area contributed by atoms with Crippen LogP contribution in [0.25, 0.3) is 0 Å². The summed E-state index contributed by atoms with van der Waals surface area (Å²) in [6.45, 7) is 3.71. The zero-order chi connectivity index (χ0) is 13.7. The Labute approximate surface area is 106 Å². The summed E-state index contributed by atoms with van der Waals surface area (Å²) < 4.78 is 36.4. The van der Waals surface area contributed by atoms with E-state index in [2.05, 4.69) is 5.32 Å². The Morgan fingerprint density at radius 2 is 1.50 bits per heavy atom. The minimum Gasteiger partial charge on any atom is -0.354 e. The maximum atomic E-state index is 13.1. The number of ether oxygens (including phenoxy) is 2. The lowest BCUT2D eigenvalue weighted by molar-refractivity contribution is -0.120. The van der Waals surface area contributed by atoms with Gasteiger partial charge in [-0.1, -0.05) is 0 Å². The molecule has 1 aromatic rings. The molecule has 0 aliphatic rings. The lowest BCUT2D eigenvalue weighted by Gasteiger charge is -2.26. The van der Waals surface area contributed by atoms with Gasteiger partial charge in [-0.25, -0.2) is 8.78 Å². The van der Waals surface area contributed by atoms with Gasteiger partial charge in [0.1, 0.15) is 11.6 Å². The van der Waals surface area contributed by atoms with Gasteiger partial charge in [0, 0.05) is 26.3 Å². The molecule has 5 heteroatoms. The number of benzene rings is 1. The smallest absolute Gasteiger partial charge is 0.171 e. The van der Waals surface area contributed by atoms with E-state index in [-0.39, 0.29) is 12.1 Å². The molecule has 2 atom stereocenters. The second-order valence-corrected chi connectivity index (χ2v) is 4.22. The van der Waals surface area contributed by atoms with Crippen LogP contribution in [0.3, 0.4) is 0 Å². The van der Waals surface area contributed by atoms with E-state index in [1.165, 1.54) is 12.1 Å². The molecule has 0 heterocycles. The molecule has 1 aromatic carbocycles. The van der Waals surface area contributed by atoms with Crippen molar-refractivity contribution < 1.29 is 18.3 Å². The van der Waals surface area contributed by atoms with E-state index in [4.69, 9.17) is 9.47 Å². The Morgan fingerprint density at radius 1 is 1.00 bits per heavy atom. The SMILES string of the molecule is COC(OC)C(C)NC(C)c1cc(F)cc(F)c1. The molecule has 0 aliphatic carbocycles. The number of nitrogens with one attached hydrogen (secondary N) is 1. The second kappa shape index (κ2) is 6.78. The van der Waals surface area contributed by atoms with E-state index in [1.807, 2.05) is 13.8 Å². The molecule has 0 bridgehead atoms. The molecule has 18 heavy (non-hydrogen) atoms. The number of methoxy groups -OCH3 is 2. The fourth-order valence-corrected chi connectivity index (χ4v) is 1.90. The van der Waals surface area contributed by atoms with Gasteiger partial charge in [-0.3, -0.25) is 0 Å². The summed E-state index contributed by atoms with van der Waals surface area (Å²) in [5.74, 6) is -1.16. The first-order valence-corrected chi connectivity index (χ1v) is 5.75. The summed E-state index contributed by atoms with van der Waals surface area (Å²) in [6.07, 6.45) is -0.411. The van der Waals surface area contributed by atoms with Crippen molar-refractivity contribution >= 4 is 0 Å². The molecule has 0 aliphatic heterocycles. The lowest BCUT2D eigenvalue weighted by atomic mass is 10.1.